The Morgan fingerprint density at radius 3 is 1.17 bits per heavy atom. The zero-order chi connectivity index (χ0) is 35.6. The van der Waals surface area contributed by atoms with Gasteiger partial charge in [0.25, 0.3) is 0 Å². The summed E-state index contributed by atoms with van der Waals surface area (Å²) < 4.78 is 1.16. The number of hydrogen-bond acceptors (Lipinski definition) is 4. The van der Waals surface area contributed by atoms with E-state index in [0.717, 1.165) is 65.0 Å². The highest BCUT2D eigenvalue weighted by Crippen LogP contribution is 2.39. The quantitative estimate of drug-likeness (QED) is 0.158. The summed E-state index contributed by atoms with van der Waals surface area (Å²) in [5, 5.41) is 1.02. The zero-order valence-corrected chi connectivity index (χ0v) is 30.5. The van der Waals surface area contributed by atoms with Crippen LogP contribution in [0.3, 0.4) is 0 Å². The van der Waals surface area contributed by atoms with Crippen LogP contribution in [0.15, 0.2) is 205 Å². The van der Waals surface area contributed by atoms with Crippen molar-refractivity contribution in [1.29, 1.82) is 0 Å². The van der Waals surface area contributed by atoms with E-state index in [4.69, 9.17) is 17.6 Å². The van der Waals surface area contributed by atoms with E-state index in [9.17, 15) is 0 Å². The lowest BCUT2D eigenvalue weighted by Crippen LogP contribution is -2.09. The van der Waals surface area contributed by atoms with Crippen LogP contribution >= 0.6 is 24.0 Å². The number of nitrogens with zero attached hydrogens (tertiary/aromatic N) is 2. The second-order valence-corrected chi connectivity index (χ2v) is 14.5. The molecule has 2 nitrogen and oxygen atoms in total. The summed E-state index contributed by atoms with van der Waals surface area (Å²) in [7, 11) is 0. The molecule has 1 heterocycles. The van der Waals surface area contributed by atoms with Gasteiger partial charge in [-0.2, -0.15) is 0 Å². The van der Waals surface area contributed by atoms with Gasteiger partial charge in [-0.05, 0) is 93.0 Å². The van der Waals surface area contributed by atoms with Gasteiger partial charge < -0.3 is 4.90 Å². The maximum Gasteiger partial charge on any atom is 0.124 e. The summed E-state index contributed by atoms with van der Waals surface area (Å²) in [6.45, 7) is 0. The number of rotatable bonds is 8. The highest BCUT2D eigenvalue weighted by Gasteiger charge is 2.15. The molecule has 0 aliphatic carbocycles. The summed E-state index contributed by atoms with van der Waals surface area (Å²) in [6.07, 6.45) is 0. The Morgan fingerprint density at radius 2 is 0.736 bits per heavy atom. The molecule has 0 saturated heterocycles. The van der Waals surface area contributed by atoms with Crippen molar-refractivity contribution in [2.24, 2.45) is 0 Å². The first-order chi connectivity index (χ1) is 26.2. The van der Waals surface area contributed by atoms with E-state index in [0.29, 0.717) is 0 Å². The Balaban J connectivity index is 1.01. The highest BCUT2D eigenvalue weighted by molar-refractivity contribution is 7.80. The lowest BCUT2D eigenvalue weighted by molar-refractivity contribution is 1.28. The minimum absolute atomic E-state index is 0.924. The number of thiazole rings is 1. The smallest absolute Gasteiger partial charge is 0.124 e. The molecule has 8 aromatic carbocycles. The predicted molar refractivity (Wildman–Crippen MR) is 229 cm³/mol. The Labute approximate surface area is 319 Å². The van der Waals surface area contributed by atoms with E-state index in [2.05, 4.69) is 199 Å². The van der Waals surface area contributed by atoms with Gasteiger partial charge in [0.1, 0.15) is 5.01 Å². The average molecular weight is 715 g/mol. The first-order valence-electron chi connectivity index (χ1n) is 17.7. The van der Waals surface area contributed by atoms with Gasteiger partial charge in [0, 0.05) is 27.5 Å². The largest absolute Gasteiger partial charge is 0.311 e. The molecule has 0 aliphatic heterocycles. The first-order valence-corrected chi connectivity index (χ1v) is 18.9. The molecule has 9 rings (SSSR count). The van der Waals surface area contributed by atoms with Crippen molar-refractivity contribution in [1.82, 2.24) is 4.98 Å². The summed E-state index contributed by atoms with van der Waals surface area (Å²) in [6, 6.07) is 71.0. The number of hydrogen-bond donors (Lipinski definition) is 1. The molecule has 0 spiro atoms. The summed E-state index contributed by atoms with van der Waals surface area (Å²) in [5.74, 6) is 0. The van der Waals surface area contributed by atoms with E-state index < -0.39 is 0 Å². The van der Waals surface area contributed by atoms with Gasteiger partial charge >= 0.3 is 0 Å². The molecule has 53 heavy (non-hydrogen) atoms. The number of benzene rings is 8. The molecular formula is C49H34N2S2. The molecule has 0 unspecified atom stereocenters. The first kappa shape index (κ1) is 32.7. The molecule has 0 amide bonds. The minimum Gasteiger partial charge on any atom is -0.311 e. The van der Waals surface area contributed by atoms with Crippen LogP contribution in [-0.2, 0) is 0 Å². The van der Waals surface area contributed by atoms with Crippen LogP contribution in [0, 0.1) is 0 Å². The third-order valence-corrected chi connectivity index (χ3v) is 11.1. The zero-order valence-electron chi connectivity index (χ0n) is 28.8. The van der Waals surface area contributed by atoms with Gasteiger partial charge in [-0.15, -0.1) is 24.0 Å². The maximum absolute atomic E-state index is 4.89. The average Bonchev–Trinajstić information content (AvgIpc) is 3.65. The van der Waals surface area contributed by atoms with Crippen LogP contribution in [0.5, 0.6) is 0 Å². The molecule has 4 heteroatoms. The molecule has 0 N–H and O–H groups in total. The third kappa shape index (κ3) is 6.78. The van der Waals surface area contributed by atoms with E-state index in [1.165, 1.54) is 22.3 Å². The van der Waals surface area contributed by atoms with Crippen LogP contribution in [-0.4, -0.2) is 4.98 Å². The molecule has 0 atom stereocenters. The molecule has 0 radical (unpaired) electrons. The summed E-state index contributed by atoms with van der Waals surface area (Å²) in [5.41, 5.74) is 14.8. The Morgan fingerprint density at radius 1 is 0.377 bits per heavy atom. The van der Waals surface area contributed by atoms with Crippen molar-refractivity contribution in [3.05, 3.63) is 200 Å². The topological polar surface area (TPSA) is 16.1 Å². The summed E-state index contributed by atoms with van der Waals surface area (Å²) in [4.78, 5) is 8.14. The van der Waals surface area contributed by atoms with Crippen molar-refractivity contribution >= 4 is 51.2 Å². The van der Waals surface area contributed by atoms with Gasteiger partial charge in [0.2, 0.25) is 0 Å². The number of fused-ring (bicyclic) bond motifs is 1. The monoisotopic (exact) mass is 714 g/mol. The van der Waals surface area contributed by atoms with Crippen molar-refractivity contribution in [3.8, 4) is 55.1 Å². The SMILES string of the molecule is Sc1cc2nc(-c3ccccc3)sc2cc1-c1ccc(-c2ccc(N(c3ccc(-c4ccccc4)cc3)c3ccc(-c4ccccc4)cc3)cc2)cc1. The van der Waals surface area contributed by atoms with Gasteiger partial charge in [-0.3, -0.25) is 0 Å². The van der Waals surface area contributed by atoms with Crippen molar-refractivity contribution in [3.63, 3.8) is 0 Å². The van der Waals surface area contributed by atoms with Crippen molar-refractivity contribution < 1.29 is 0 Å². The van der Waals surface area contributed by atoms with Crippen LogP contribution in [0.2, 0.25) is 0 Å². The van der Waals surface area contributed by atoms with Gasteiger partial charge in [0.15, 0.2) is 0 Å². The second-order valence-electron chi connectivity index (χ2n) is 13.0. The van der Waals surface area contributed by atoms with E-state index in [1.54, 1.807) is 11.3 Å². The van der Waals surface area contributed by atoms with E-state index in [1.807, 2.05) is 6.07 Å². The van der Waals surface area contributed by atoms with Crippen LogP contribution in [0.1, 0.15) is 0 Å². The number of anilines is 3. The summed E-state index contributed by atoms with van der Waals surface area (Å²) >= 11 is 6.59. The fourth-order valence-electron chi connectivity index (χ4n) is 6.86. The van der Waals surface area contributed by atoms with Crippen LogP contribution < -0.4 is 4.90 Å². The molecular weight excluding hydrogens is 681 g/mol. The van der Waals surface area contributed by atoms with Gasteiger partial charge in [-0.25, -0.2) is 4.98 Å². The van der Waals surface area contributed by atoms with Crippen molar-refractivity contribution in [2.75, 3.05) is 4.90 Å². The number of thiol groups is 1. The molecule has 0 aliphatic rings. The van der Waals surface area contributed by atoms with Gasteiger partial charge in [-0.1, -0.05) is 152 Å². The Kier molecular flexibility index (Phi) is 8.90. The fourth-order valence-corrected chi connectivity index (χ4v) is 8.17. The van der Waals surface area contributed by atoms with Gasteiger partial charge in [0.05, 0.1) is 10.2 Å². The lowest BCUT2D eigenvalue weighted by atomic mass is 9.99. The maximum atomic E-state index is 4.89. The molecule has 1 aromatic heterocycles. The minimum atomic E-state index is 0.924. The second kappa shape index (κ2) is 14.4. The third-order valence-electron chi connectivity index (χ3n) is 9.65. The van der Waals surface area contributed by atoms with Crippen LogP contribution in [0.4, 0.5) is 17.1 Å². The molecule has 9 aromatic rings. The molecule has 0 fully saturated rings. The predicted octanol–water partition coefficient (Wildman–Crippen LogP) is 14.4. The Bertz CT molecular complexity index is 2530. The van der Waals surface area contributed by atoms with Crippen LogP contribution in [0.25, 0.3) is 65.3 Å². The van der Waals surface area contributed by atoms with E-state index in [-0.39, 0.29) is 0 Å². The molecule has 252 valence electrons. The highest BCUT2D eigenvalue weighted by atomic mass is 32.1. The lowest BCUT2D eigenvalue weighted by Gasteiger charge is -2.26. The normalized spacial score (nSPS) is 11.1. The molecule has 0 bridgehead atoms. The standard InChI is InChI=1S/C49H34N2S2/c52-47-33-46-48(53-49(50-46)41-14-8-3-9-15-41)32-45(47)40-18-16-36(17-19-40)39-24-30-44(31-25-39)51(42-26-20-37(21-27-42)34-10-4-1-5-11-34)43-28-22-38(23-29-43)35-12-6-2-7-13-35/h1-33,52H. The number of aromatic nitrogens is 1. The van der Waals surface area contributed by atoms with E-state index >= 15 is 0 Å². The Hall–Kier alpha value is -6.20. The molecule has 0 saturated carbocycles. The fraction of sp³-hybridized carbons (Fsp3) is 0. The van der Waals surface area contributed by atoms with Crippen molar-refractivity contribution in [2.45, 2.75) is 4.90 Å².